The standard InChI is InChI=1S/C14H15Br/c1-9-6-10-8-14(15)12-5-3-2-4-11(12)13(10)7-9/h7-8H,2-6H2,1H3. The fraction of sp³-hybridized carbons (Fsp3) is 0.429. The first-order valence-corrected chi connectivity index (χ1v) is 6.55. The molecule has 1 heteroatoms. The van der Waals surface area contributed by atoms with Gasteiger partial charge in [-0.25, -0.2) is 0 Å². The number of allylic oxidation sites excluding steroid dienone is 1. The molecule has 3 rings (SSSR count). The lowest BCUT2D eigenvalue weighted by atomic mass is 9.87. The van der Waals surface area contributed by atoms with E-state index in [1.54, 1.807) is 16.7 Å². The van der Waals surface area contributed by atoms with Crippen molar-refractivity contribution in [1.29, 1.82) is 0 Å². The maximum atomic E-state index is 3.73. The van der Waals surface area contributed by atoms with Crippen LogP contribution in [0.15, 0.2) is 16.1 Å². The summed E-state index contributed by atoms with van der Waals surface area (Å²) >= 11 is 3.73. The molecule has 2 aliphatic carbocycles. The maximum absolute atomic E-state index is 3.73. The van der Waals surface area contributed by atoms with E-state index in [1.165, 1.54) is 41.3 Å². The minimum absolute atomic E-state index is 1.15. The van der Waals surface area contributed by atoms with Gasteiger partial charge in [0.1, 0.15) is 0 Å². The largest absolute Gasteiger partial charge is 0.0683 e. The number of benzene rings is 1. The van der Waals surface area contributed by atoms with Crippen molar-refractivity contribution in [3.05, 3.63) is 38.4 Å². The molecule has 15 heavy (non-hydrogen) atoms. The van der Waals surface area contributed by atoms with E-state index in [0.717, 1.165) is 6.42 Å². The van der Waals surface area contributed by atoms with Crippen LogP contribution in [-0.2, 0) is 19.3 Å². The Kier molecular flexibility index (Phi) is 2.24. The van der Waals surface area contributed by atoms with E-state index in [4.69, 9.17) is 0 Å². The van der Waals surface area contributed by atoms with Gasteiger partial charge >= 0.3 is 0 Å². The van der Waals surface area contributed by atoms with E-state index in [2.05, 4.69) is 35.0 Å². The summed E-state index contributed by atoms with van der Waals surface area (Å²) < 4.78 is 1.35. The van der Waals surface area contributed by atoms with Crippen LogP contribution in [-0.4, -0.2) is 0 Å². The second-order valence-corrected chi connectivity index (χ2v) is 5.62. The normalized spacial score (nSPS) is 18.4. The van der Waals surface area contributed by atoms with Crippen LogP contribution in [0.1, 0.15) is 42.0 Å². The van der Waals surface area contributed by atoms with Gasteiger partial charge in [-0.1, -0.05) is 27.6 Å². The van der Waals surface area contributed by atoms with Crippen molar-refractivity contribution < 1.29 is 0 Å². The molecule has 0 radical (unpaired) electrons. The van der Waals surface area contributed by atoms with Crippen molar-refractivity contribution in [2.45, 2.75) is 39.0 Å². The van der Waals surface area contributed by atoms with Crippen molar-refractivity contribution in [3.63, 3.8) is 0 Å². The number of hydrogen-bond donors (Lipinski definition) is 0. The van der Waals surface area contributed by atoms with E-state index in [-0.39, 0.29) is 0 Å². The first-order valence-electron chi connectivity index (χ1n) is 5.76. The minimum atomic E-state index is 1.15. The van der Waals surface area contributed by atoms with Gasteiger partial charge in [0.25, 0.3) is 0 Å². The predicted molar refractivity (Wildman–Crippen MR) is 68.1 cm³/mol. The highest BCUT2D eigenvalue weighted by Gasteiger charge is 2.21. The van der Waals surface area contributed by atoms with Gasteiger partial charge in [-0.05, 0) is 67.3 Å². The third kappa shape index (κ3) is 1.48. The molecule has 1 aromatic carbocycles. The maximum Gasteiger partial charge on any atom is 0.0213 e. The molecule has 78 valence electrons. The molecule has 0 nitrogen and oxygen atoms in total. The summed E-state index contributed by atoms with van der Waals surface area (Å²) in [7, 11) is 0. The van der Waals surface area contributed by atoms with Crippen molar-refractivity contribution in [3.8, 4) is 0 Å². The summed E-state index contributed by atoms with van der Waals surface area (Å²) in [6.07, 6.45) is 8.81. The highest BCUT2D eigenvalue weighted by atomic mass is 79.9. The molecule has 0 heterocycles. The van der Waals surface area contributed by atoms with Crippen LogP contribution in [0.3, 0.4) is 0 Å². The topological polar surface area (TPSA) is 0 Å². The molecule has 0 amide bonds. The lowest BCUT2D eigenvalue weighted by Gasteiger charge is -2.20. The molecule has 0 spiro atoms. The molecule has 0 saturated heterocycles. The summed E-state index contributed by atoms with van der Waals surface area (Å²) in [5.74, 6) is 0. The Morgan fingerprint density at radius 1 is 1.13 bits per heavy atom. The highest BCUT2D eigenvalue weighted by Crippen LogP contribution is 2.37. The van der Waals surface area contributed by atoms with Gasteiger partial charge in [0.15, 0.2) is 0 Å². The van der Waals surface area contributed by atoms with Crippen LogP contribution in [0.25, 0.3) is 6.08 Å². The molecule has 2 aliphatic rings. The zero-order valence-corrected chi connectivity index (χ0v) is 10.7. The van der Waals surface area contributed by atoms with Gasteiger partial charge in [0, 0.05) is 4.47 Å². The fourth-order valence-electron chi connectivity index (χ4n) is 2.90. The van der Waals surface area contributed by atoms with Crippen LogP contribution in [0.2, 0.25) is 0 Å². The summed E-state index contributed by atoms with van der Waals surface area (Å²) in [6, 6.07) is 2.34. The fourth-order valence-corrected chi connectivity index (χ4v) is 3.62. The third-order valence-corrected chi connectivity index (χ3v) is 4.30. The minimum Gasteiger partial charge on any atom is -0.0683 e. The quantitative estimate of drug-likeness (QED) is 0.655. The van der Waals surface area contributed by atoms with E-state index in [0.29, 0.717) is 0 Å². The van der Waals surface area contributed by atoms with E-state index in [9.17, 15) is 0 Å². The monoisotopic (exact) mass is 262 g/mol. The van der Waals surface area contributed by atoms with Crippen molar-refractivity contribution >= 4 is 22.0 Å². The third-order valence-electron chi connectivity index (χ3n) is 3.59. The molecule has 0 fully saturated rings. The zero-order valence-electron chi connectivity index (χ0n) is 9.07. The van der Waals surface area contributed by atoms with Crippen molar-refractivity contribution in [2.24, 2.45) is 0 Å². The second-order valence-electron chi connectivity index (χ2n) is 4.76. The Labute approximate surface area is 99.5 Å². The molecule has 0 bridgehead atoms. The first-order chi connectivity index (χ1) is 7.25. The van der Waals surface area contributed by atoms with Gasteiger partial charge in [0.05, 0.1) is 0 Å². The van der Waals surface area contributed by atoms with Gasteiger partial charge < -0.3 is 0 Å². The molecule has 0 unspecified atom stereocenters. The Bertz CT molecular complexity index is 455. The van der Waals surface area contributed by atoms with Crippen LogP contribution in [0, 0.1) is 0 Å². The first kappa shape index (κ1) is 9.65. The van der Waals surface area contributed by atoms with E-state index >= 15 is 0 Å². The Morgan fingerprint density at radius 2 is 1.87 bits per heavy atom. The van der Waals surface area contributed by atoms with Crippen molar-refractivity contribution in [1.82, 2.24) is 0 Å². The predicted octanol–water partition coefficient (Wildman–Crippen LogP) is 4.29. The number of hydrogen-bond acceptors (Lipinski definition) is 0. The molecule has 0 saturated carbocycles. The van der Waals surface area contributed by atoms with Crippen LogP contribution in [0.4, 0.5) is 0 Å². The second kappa shape index (κ2) is 3.48. The highest BCUT2D eigenvalue weighted by molar-refractivity contribution is 9.10. The van der Waals surface area contributed by atoms with Crippen molar-refractivity contribution in [2.75, 3.05) is 0 Å². The lowest BCUT2D eigenvalue weighted by molar-refractivity contribution is 0.681. The SMILES string of the molecule is CC1=Cc2c(cc(Br)c3c2CCCC3)C1. The Morgan fingerprint density at radius 3 is 2.67 bits per heavy atom. The molecule has 0 aliphatic heterocycles. The molecular formula is C14H15Br. The average molecular weight is 263 g/mol. The van der Waals surface area contributed by atoms with Gasteiger partial charge in [0.2, 0.25) is 0 Å². The van der Waals surface area contributed by atoms with Gasteiger partial charge in [-0.2, -0.15) is 0 Å². The summed E-state index contributed by atoms with van der Waals surface area (Å²) in [6.45, 7) is 2.24. The number of fused-ring (bicyclic) bond motifs is 3. The summed E-state index contributed by atoms with van der Waals surface area (Å²) in [4.78, 5) is 0. The Hall–Kier alpha value is -0.560. The number of rotatable bonds is 0. The molecule has 0 aromatic heterocycles. The summed E-state index contributed by atoms with van der Waals surface area (Å²) in [5.41, 5.74) is 7.79. The summed E-state index contributed by atoms with van der Waals surface area (Å²) in [5, 5.41) is 0. The lowest BCUT2D eigenvalue weighted by Crippen LogP contribution is -2.06. The smallest absolute Gasteiger partial charge is 0.0213 e. The average Bonchev–Trinajstić information content (AvgIpc) is 2.59. The molecule has 1 aromatic rings. The van der Waals surface area contributed by atoms with E-state index in [1.807, 2.05) is 0 Å². The van der Waals surface area contributed by atoms with Gasteiger partial charge in [-0.15, -0.1) is 0 Å². The van der Waals surface area contributed by atoms with E-state index < -0.39 is 0 Å². The Balaban J connectivity index is 2.24. The molecule has 0 N–H and O–H groups in total. The van der Waals surface area contributed by atoms with Crippen LogP contribution in [0.5, 0.6) is 0 Å². The zero-order chi connectivity index (χ0) is 10.4. The molecular weight excluding hydrogens is 248 g/mol. The van der Waals surface area contributed by atoms with Gasteiger partial charge in [-0.3, -0.25) is 0 Å². The molecule has 0 atom stereocenters. The van der Waals surface area contributed by atoms with Crippen LogP contribution < -0.4 is 0 Å². The van der Waals surface area contributed by atoms with Crippen LogP contribution >= 0.6 is 15.9 Å². The number of halogens is 1.